The third-order valence-electron chi connectivity index (χ3n) is 3.64. The molecule has 0 radical (unpaired) electrons. The average Bonchev–Trinajstić information content (AvgIpc) is 2.38. The van der Waals surface area contributed by atoms with Gasteiger partial charge < -0.3 is 5.32 Å². The van der Waals surface area contributed by atoms with Crippen LogP contribution >= 0.6 is 0 Å². The SMILES string of the molecule is C[C@@H]1CNCCN1CCCCc1ccccc1. The smallest absolute Gasteiger partial charge is 0.0192 e. The van der Waals surface area contributed by atoms with Crippen molar-refractivity contribution < 1.29 is 0 Å². The van der Waals surface area contributed by atoms with Crippen LogP contribution in [0.25, 0.3) is 0 Å². The molecule has 0 aliphatic carbocycles. The molecule has 94 valence electrons. The van der Waals surface area contributed by atoms with E-state index in [2.05, 4.69) is 47.5 Å². The van der Waals surface area contributed by atoms with E-state index in [9.17, 15) is 0 Å². The minimum Gasteiger partial charge on any atom is -0.314 e. The molecule has 1 aromatic carbocycles. The highest BCUT2D eigenvalue weighted by molar-refractivity contribution is 5.14. The Morgan fingerprint density at radius 2 is 2.06 bits per heavy atom. The van der Waals surface area contributed by atoms with Gasteiger partial charge in [-0.15, -0.1) is 0 Å². The first kappa shape index (κ1) is 12.6. The fourth-order valence-electron chi connectivity index (χ4n) is 2.50. The molecule has 1 saturated heterocycles. The summed E-state index contributed by atoms with van der Waals surface area (Å²) in [6, 6.07) is 11.5. The summed E-state index contributed by atoms with van der Waals surface area (Å²) in [4.78, 5) is 2.61. The van der Waals surface area contributed by atoms with Crippen LogP contribution in [0, 0.1) is 0 Å². The monoisotopic (exact) mass is 232 g/mol. The van der Waals surface area contributed by atoms with Crippen LogP contribution in [0.2, 0.25) is 0 Å². The molecule has 1 heterocycles. The number of hydrogen-bond acceptors (Lipinski definition) is 2. The summed E-state index contributed by atoms with van der Waals surface area (Å²) in [5, 5.41) is 3.44. The molecular weight excluding hydrogens is 208 g/mol. The number of rotatable bonds is 5. The van der Waals surface area contributed by atoms with Crippen molar-refractivity contribution in [3.63, 3.8) is 0 Å². The van der Waals surface area contributed by atoms with Gasteiger partial charge in [-0.25, -0.2) is 0 Å². The van der Waals surface area contributed by atoms with Crippen LogP contribution in [0.3, 0.4) is 0 Å². The average molecular weight is 232 g/mol. The zero-order valence-corrected chi connectivity index (χ0v) is 10.9. The predicted octanol–water partition coefficient (Wildman–Crippen LogP) is 2.30. The van der Waals surface area contributed by atoms with Crippen molar-refractivity contribution in [1.82, 2.24) is 10.2 Å². The van der Waals surface area contributed by atoms with E-state index in [1.54, 1.807) is 0 Å². The standard InChI is InChI=1S/C15H24N2/c1-14-13-16-10-12-17(14)11-6-5-9-15-7-3-2-4-8-15/h2-4,7-8,14,16H,5-6,9-13H2,1H3/t14-/m1/s1. The normalized spacial score (nSPS) is 21.6. The lowest BCUT2D eigenvalue weighted by atomic mass is 10.1. The maximum atomic E-state index is 3.44. The largest absolute Gasteiger partial charge is 0.314 e. The molecule has 2 rings (SSSR count). The Morgan fingerprint density at radius 3 is 2.82 bits per heavy atom. The molecule has 1 aromatic rings. The summed E-state index contributed by atoms with van der Waals surface area (Å²) < 4.78 is 0. The lowest BCUT2D eigenvalue weighted by Gasteiger charge is -2.33. The van der Waals surface area contributed by atoms with Gasteiger partial charge in [0.2, 0.25) is 0 Å². The Morgan fingerprint density at radius 1 is 1.24 bits per heavy atom. The molecule has 1 atom stereocenters. The van der Waals surface area contributed by atoms with Gasteiger partial charge in [0, 0.05) is 25.7 Å². The molecule has 17 heavy (non-hydrogen) atoms. The van der Waals surface area contributed by atoms with E-state index >= 15 is 0 Å². The molecule has 1 N–H and O–H groups in total. The van der Waals surface area contributed by atoms with Gasteiger partial charge in [0.25, 0.3) is 0 Å². The third kappa shape index (κ3) is 4.14. The number of unbranched alkanes of at least 4 members (excludes halogenated alkanes) is 1. The van der Waals surface area contributed by atoms with Crippen LogP contribution < -0.4 is 5.32 Å². The Hall–Kier alpha value is -0.860. The van der Waals surface area contributed by atoms with Crippen LogP contribution in [0.5, 0.6) is 0 Å². The Labute approximate surface area is 105 Å². The maximum absolute atomic E-state index is 3.44. The number of aryl methyl sites for hydroxylation is 1. The minimum absolute atomic E-state index is 0.709. The second kappa shape index (κ2) is 6.77. The number of hydrogen-bond donors (Lipinski definition) is 1. The number of benzene rings is 1. The highest BCUT2D eigenvalue weighted by Gasteiger charge is 2.16. The van der Waals surface area contributed by atoms with Crippen LogP contribution in [0.1, 0.15) is 25.3 Å². The van der Waals surface area contributed by atoms with E-state index in [-0.39, 0.29) is 0 Å². The quantitative estimate of drug-likeness (QED) is 0.784. The van der Waals surface area contributed by atoms with Gasteiger partial charge in [-0.3, -0.25) is 4.90 Å². The zero-order valence-electron chi connectivity index (χ0n) is 10.9. The summed E-state index contributed by atoms with van der Waals surface area (Å²) in [7, 11) is 0. The lowest BCUT2D eigenvalue weighted by molar-refractivity contribution is 0.171. The van der Waals surface area contributed by atoms with Crippen molar-refractivity contribution in [1.29, 1.82) is 0 Å². The molecule has 1 aliphatic heterocycles. The first-order valence-electron chi connectivity index (χ1n) is 6.85. The minimum atomic E-state index is 0.709. The van der Waals surface area contributed by atoms with Crippen LogP contribution in [-0.2, 0) is 6.42 Å². The first-order valence-corrected chi connectivity index (χ1v) is 6.85. The van der Waals surface area contributed by atoms with Crippen LogP contribution in [0.15, 0.2) is 30.3 Å². The van der Waals surface area contributed by atoms with Gasteiger partial charge >= 0.3 is 0 Å². The summed E-state index contributed by atoms with van der Waals surface area (Å²) in [6.07, 6.45) is 3.85. The fraction of sp³-hybridized carbons (Fsp3) is 0.600. The molecular formula is C15H24N2. The van der Waals surface area contributed by atoms with Gasteiger partial charge in [-0.2, -0.15) is 0 Å². The van der Waals surface area contributed by atoms with E-state index in [0.29, 0.717) is 6.04 Å². The molecule has 0 amide bonds. The van der Waals surface area contributed by atoms with Crippen molar-refractivity contribution in [2.75, 3.05) is 26.2 Å². The molecule has 1 aliphatic rings. The highest BCUT2D eigenvalue weighted by atomic mass is 15.2. The maximum Gasteiger partial charge on any atom is 0.0192 e. The van der Waals surface area contributed by atoms with Crippen LogP contribution in [0.4, 0.5) is 0 Å². The van der Waals surface area contributed by atoms with Crippen LogP contribution in [-0.4, -0.2) is 37.1 Å². The molecule has 0 saturated carbocycles. The molecule has 0 unspecified atom stereocenters. The predicted molar refractivity (Wildman–Crippen MR) is 73.3 cm³/mol. The molecule has 2 heteroatoms. The summed E-state index contributed by atoms with van der Waals surface area (Å²) in [5.74, 6) is 0. The Balaban J connectivity index is 1.63. The van der Waals surface area contributed by atoms with Gasteiger partial charge in [0.1, 0.15) is 0 Å². The topological polar surface area (TPSA) is 15.3 Å². The van der Waals surface area contributed by atoms with E-state index in [4.69, 9.17) is 0 Å². The van der Waals surface area contributed by atoms with Crippen molar-refractivity contribution in [2.45, 2.75) is 32.2 Å². The Bertz CT molecular complexity index is 310. The van der Waals surface area contributed by atoms with Crippen molar-refractivity contribution in [2.24, 2.45) is 0 Å². The van der Waals surface area contributed by atoms with Gasteiger partial charge in [-0.05, 0) is 38.3 Å². The van der Waals surface area contributed by atoms with Crippen molar-refractivity contribution in [3.8, 4) is 0 Å². The fourth-order valence-corrected chi connectivity index (χ4v) is 2.50. The third-order valence-corrected chi connectivity index (χ3v) is 3.64. The number of nitrogens with zero attached hydrogens (tertiary/aromatic N) is 1. The number of nitrogens with one attached hydrogen (secondary N) is 1. The van der Waals surface area contributed by atoms with E-state index < -0.39 is 0 Å². The molecule has 0 aromatic heterocycles. The second-order valence-electron chi connectivity index (χ2n) is 5.03. The first-order chi connectivity index (χ1) is 8.36. The van der Waals surface area contributed by atoms with Gasteiger partial charge in [0.05, 0.1) is 0 Å². The highest BCUT2D eigenvalue weighted by Crippen LogP contribution is 2.08. The lowest BCUT2D eigenvalue weighted by Crippen LogP contribution is -2.49. The van der Waals surface area contributed by atoms with Crippen molar-refractivity contribution in [3.05, 3.63) is 35.9 Å². The van der Waals surface area contributed by atoms with Gasteiger partial charge in [-0.1, -0.05) is 30.3 Å². The van der Waals surface area contributed by atoms with Gasteiger partial charge in [0.15, 0.2) is 0 Å². The molecule has 1 fully saturated rings. The summed E-state index contributed by atoms with van der Waals surface area (Å²) >= 11 is 0. The van der Waals surface area contributed by atoms with E-state index in [1.165, 1.54) is 37.9 Å². The Kier molecular flexibility index (Phi) is 5.02. The molecule has 2 nitrogen and oxygen atoms in total. The second-order valence-corrected chi connectivity index (χ2v) is 5.03. The summed E-state index contributed by atoms with van der Waals surface area (Å²) in [6.45, 7) is 7.10. The molecule has 0 spiro atoms. The summed E-state index contributed by atoms with van der Waals surface area (Å²) in [5.41, 5.74) is 1.47. The van der Waals surface area contributed by atoms with E-state index in [0.717, 1.165) is 13.1 Å². The molecule has 0 bridgehead atoms. The van der Waals surface area contributed by atoms with E-state index in [1.807, 2.05) is 0 Å². The van der Waals surface area contributed by atoms with Crippen molar-refractivity contribution >= 4 is 0 Å². The zero-order chi connectivity index (χ0) is 11.9. The number of piperazine rings is 1.